The number of ether oxygens (including phenoxy) is 4. The van der Waals surface area contributed by atoms with Gasteiger partial charge in [-0.25, -0.2) is 15.0 Å². The van der Waals surface area contributed by atoms with Crippen LogP contribution >= 0.6 is 23.3 Å². The van der Waals surface area contributed by atoms with Crippen LogP contribution in [0.5, 0.6) is 5.88 Å². The third-order valence-corrected chi connectivity index (χ3v) is 9.02. The Morgan fingerprint density at radius 1 is 1.11 bits per heavy atom. The van der Waals surface area contributed by atoms with E-state index in [2.05, 4.69) is 32.5 Å². The molecule has 0 atom stereocenters. The van der Waals surface area contributed by atoms with Gasteiger partial charge in [-0.15, -0.1) is 11.3 Å². The van der Waals surface area contributed by atoms with Gasteiger partial charge >= 0.3 is 0 Å². The van der Waals surface area contributed by atoms with Crippen LogP contribution in [0.15, 0.2) is 12.3 Å². The second kappa shape index (κ2) is 11.1. The lowest BCUT2D eigenvalue weighted by Gasteiger charge is -2.37. The van der Waals surface area contributed by atoms with Crippen LogP contribution in [0.25, 0.3) is 21.5 Å². The van der Waals surface area contributed by atoms with Gasteiger partial charge in [0.05, 0.1) is 49.4 Å². The first-order valence-corrected chi connectivity index (χ1v) is 15.1. The Morgan fingerprint density at radius 3 is 2.58 bits per heavy atom. The summed E-state index contributed by atoms with van der Waals surface area (Å²) in [6.45, 7) is 9.24. The van der Waals surface area contributed by atoms with Crippen LogP contribution in [0.1, 0.15) is 23.3 Å². The molecule has 3 aromatic rings. The monoisotopic (exact) mass is 558 g/mol. The number of rotatable bonds is 7. The van der Waals surface area contributed by atoms with Gasteiger partial charge in [0.1, 0.15) is 5.69 Å². The van der Waals surface area contributed by atoms with E-state index in [1.807, 2.05) is 12.5 Å². The van der Waals surface area contributed by atoms with Gasteiger partial charge < -0.3 is 28.6 Å². The van der Waals surface area contributed by atoms with Crippen LogP contribution in [0.3, 0.4) is 0 Å². The van der Waals surface area contributed by atoms with E-state index in [0.717, 1.165) is 78.7 Å². The highest BCUT2D eigenvalue weighted by Gasteiger charge is 2.40. The van der Waals surface area contributed by atoms with Gasteiger partial charge in [-0.1, -0.05) is 11.9 Å². The largest absolute Gasteiger partial charge is 0.480 e. The minimum Gasteiger partial charge on any atom is -0.480 e. The van der Waals surface area contributed by atoms with Crippen LogP contribution in [-0.2, 0) is 20.8 Å². The number of likely N-dealkylation sites (tertiary alicyclic amines) is 1. The Kier molecular flexibility index (Phi) is 7.61. The number of nitrogens with zero attached hydrogens (tertiary/aromatic N) is 5. The molecule has 3 saturated heterocycles. The lowest BCUT2D eigenvalue weighted by atomic mass is 10.0. The molecule has 0 bridgehead atoms. The topological polar surface area (TPSA) is 94.1 Å². The van der Waals surface area contributed by atoms with Crippen molar-refractivity contribution >= 4 is 45.1 Å². The van der Waals surface area contributed by atoms with Crippen LogP contribution in [0, 0.1) is 6.92 Å². The van der Waals surface area contributed by atoms with Crippen molar-refractivity contribution in [1.82, 2.24) is 19.9 Å². The van der Waals surface area contributed by atoms with Gasteiger partial charge in [0.2, 0.25) is 11.8 Å². The molecule has 10 nitrogen and oxygen atoms in total. The standard InChI is InChI=1S/C26H34N6O4S2/c1-17-19(16-31-6-4-26(5-7-31)35-12-13-36-26)22-23(38-17)21(28-25(29-22)32-8-10-34-11-9-32)18-14-20(30-37-3)24(33-2)27-15-18/h14-15,30H,4-13,16H2,1-3H3. The molecule has 0 amide bonds. The minimum absolute atomic E-state index is 0.370. The smallest absolute Gasteiger partial charge is 0.237 e. The minimum atomic E-state index is -0.370. The highest BCUT2D eigenvalue weighted by Crippen LogP contribution is 2.40. The number of methoxy groups -OCH3 is 1. The number of thiophene rings is 1. The molecule has 0 aromatic carbocycles. The molecule has 3 fully saturated rings. The molecule has 38 heavy (non-hydrogen) atoms. The average molecular weight is 559 g/mol. The lowest BCUT2D eigenvalue weighted by molar-refractivity contribution is -0.185. The molecular weight excluding hydrogens is 524 g/mol. The number of aryl methyl sites for hydroxylation is 1. The van der Waals surface area contributed by atoms with Gasteiger partial charge in [-0.05, 0) is 13.0 Å². The number of morpholine rings is 1. The summed E-state index contributed by atoms with van der Waals surface area (Å²) in [7, 11) is 1.63. The van der Waals surface area contributed by atoms with E-state index in [9.17, 15) is 0 Å². The Labute approximate surface area is 231 Å². The molecule has 204 valence electrons. The van der Waals surface area contributed by atoms with E-state index >= 15 is 0 Å². The van der Waals surface area contributed by atoms with Gasteiger partial charge in [0.15, 0.2) is 5.79 Å². The Balaban J connectivity index is 1.39. The second-order valence-electron chi connectivity index (χ2n) is 9.76. The molecule has 0 aliphatic carbocycles. The number of anilines is 2. The third kappa shape index (κ3) is 5.05. The summed E-state index contributed by atoms with van der Waals surface area (Å²) in [5.41, 5.74) is 4.97. The first-order valence-electron chi connectivity index (χ1n) is 13.1. The molecule has 12 heteroatoms. The van der Waals surface area contributed by atoms with Crippen molar-refractivity contribution in [3.8, 4) is 17.1 Å². The number of pyridine rings is 1. The average Bonchev–Trinajstić information content (AvgIpc) is 3.54. The van der Waals surface area contributed by atoms with E-state index in [4.69, 9.17) is 28.9 Å². The zero-order valence-electron chi connectivity index (χ0n) is 22.1. The fraction of sp³-hybridized carbons (Fsp3) is 0.577. The fourth-order valence-corrected chi connectivity index (χ4v) is 6.88. The first kappa shape index (κ1) is 26.0. The van der Waals surface area contributed by atoms with E-state index in [1.54, 1.807) is 18.4 Å². The van der Waals surface area contributed by atoms with Gasteiger partial charge in [0, 0.05) is 74.0 Å². The maximum Gasteiger partial charge on any atom is 0.237 e. The third-order valence-electron chi connectivity index (χ3n) is 7.46. The summed E-state index contributed by atoms with van der Waals surface area (Å²) in [5.74, 6) is 0.934. The van der Waals surface area contributed by atoms with Crippen LogP contribution in [-0.4, -0.2) is 91.6 Å². The molecule has 3 aromatic heterocycles. The molecule has 0 unspecified atom stereocenters. The molecule has 6 rings (SSSR count). The summed E-state index contributed by atoms with van der Waals surface area (Å²) < 4.78 is 27.3. The predicted octanol–water partition coefficient (Wildman–Crippen LogP) is 3.94. The molecule has 1 N–H and O–H groups in total. The van der Waals surface area contributed by atoms with E-state index in [-0.39, 0.29) is 5.79 Å². The molecule has 0 saturated carbocycles. The number of hydrogen-bond acceptors (Lipinski definition) is 12. The number of aromatic nitrogens is 3. The van der Waals surface area contributed by atoms with Crippen molar-refractivity contribution in [2.24, 2.45) is 0 Å². The summed E-state index contributed by atoms with van der Waals surface area (Å²) >= 11 is 3.27. The summed E-state index contributed by atoms with van der Waals surface area (Å²) in [4.78, 5) is 20.8. The van der Waals surface area contributed by atoms with Crippen LogP contribution in [0.4, 0.5) is 11.6 Å². The maximum absolute atomic E-state index is 5.95. The number of nitrogens with one attached hydrogen (secondary N) is 1. The Morgan fingerprint density at radius 2 is 1.87 bits per heavy atom. The van der Waals surface area contributed by atoms with Crippen molar-refractivity contribution in [2.75, 3.05) is 75.6 Å². The summed E-state index contributed by atoms with van der Waals surface area (Å²) in [6.07, 6.45) is 5.62. The van der Waals surface area contributed by atoms with Gasteiger partial charge in [-0.3, -0.25) is 4.90 Å². The van der Waals surface area contributed by atoms with Gasteiger partial charge in [0.25, 0.3) is 0 Å². The van der Waals surface area contributed by atoms with Crippen molar-refractivity contribution in [3.63, 3.8) is 0 Å². The van der Waals surface area contributed by atoms with Crippen molar-refractivity contribution in [2.45, 2.75) is 32.1 Å². The fourth-order valence-electron chi connectivity index (χ4n) is 5.40. The highest BCUT2D eigenvalue weighted by molar-refractivity contribution is 7.99. The SMILES string of the molecule is COc1ncc(-c2nc(N3CCOCC3)nc3c(CN4CCC5(CC4)OCCO5)c(C)sc23)cc1NSC. The van der Waals surface area contributed by atoms with E-state index in [0.29, 0.717) is 32.3 Å². The molecule has 3 aliphatic rings. The predicted molar refractivity (Wildman–Crippen MR) is 151 cm³/mol. The van der Waals surface area contributed by atoms with Crippen LogP contribution < -0.4 is 14.4 Å². The van der Waals surface area contributed by atoms with Crippen molar-refractivity contribution in [1.29, 1.82) is 0 Å². The summed E-state index contributed by atoms with van der Waals surface area (Å²) in [5, 5.41) is 0. The second-order valence-corrected chi connectivity index (χ2v) is 11.6. The maximum atomic E-state index is 5.95. The highest BCUT2D eigenvalue weighted by atomic mass is 32.2. The molecular formula is C26H34N6O4S2. The summed E-state index contributed by atoms with van der Waals surface area (Å²) in [6, 6.07) is 2.06. The number of fused-ring (bicyclic) bond motifs is 1. The Hall–Kier alpha value is -2.22. The van der Waals surface area contributed by atoms with E-state index < -0.39 is 0 Å². The molecule has 3 aliphatic heterocycles. The number of hydrogen-bond donors (Lipinski definition) is 1. The molecule has 0 radical (unpaired) electrons. The first-order chi connectivity index (χ1) is 18.6. The molecule has 1 spiro atoms. The number of piperidine rings is 1. The van der Waals surface area contributed by atoms with Crippen molar-refractivity contribution < 1.29 is 18.9 Å². The normalized spacial score (nSPS) is 19.9. The quantitative estimate of drug-likeness (QED) is 0.428. The zero-order valence-corrected chi connectivity index (χ0v) is 23.8. The zero-order chi connectivity index (χ0) is 26.1. The van der Waals surface area contributed by atoms with E-state index in [1.165, 1.54) is 22.4 Å². The molecule has 6 heterocycles. The van der Waals surface area contributed by atoms with Gasteiger partial charge in [-0.2, -0.15) is 0 Å². The van der Waals surface area contributed by atoms with Crippen LogP contribution in [0.2, 0.25) is 0 Å². The lowest BCUT2D eigenvalue weighted by Crippen LogP contribution is -2.44. The Bertz CT molecular complexity index is 1280. The van der Waals surface area contributed by atoms with Crippen molar-refractivity contribution in [3.05, 3.63) is 22.7 Å².